The summed E-state index contributed by atoms with van der Waals surface area (Å²) < 4.78 is 20.6. The second kappa shape index (κ2) is 5.65. The summed E-state index contributed by atoms with van der Waals surface area (Å²) in [6.07, 6.45) is 4.26. The molecule has 0 saturated carbocycles. The lowest BCUT2D eigenvalue weighted by Gasteiger charge is -2.07. The molecule has 2 heterocycles. The smallest absolute Gasteiger partial charge is 0.255 e. The molecule has 110 valence electrons. The van der Waals surface area contributed by atoms with E-state index >= 15 is 0 Å². The second-order valence-electron chi connectivity index (χ2n) is 5.14. The largest absolute Gasteiger partial charge is 0.379 e. The fourth-order valence-electron chi connectivity index (χ4n) is 2.27. The number of rotatable bonds is 3. The number of anilines is 1. The van der Waals surface area contributed by atoms with E-state index in [1.165, 1.54) is 6.07 Å². The van der Waals surface area contributed by atoms with Crippen molar-refractivity contribution in [1.82, 2.24) is 9.78 Å². The Labute approximate surface area is 121 Å². The molecule has 0 spiro atoms. The van der Waals surface area contributed by atoms with Crippen LogP contribution < -0.4 is 5.32 Å². The quantitative estimate of drug-likeness (QED) is 0.944. The number of nitrogens with zero attached hydrogens (tertiary/aromatic N) is 2. The van der Waals surface area contributed by atoms with Crippen LogP contribution >= 0.6 is 0 Å². The monoisotopic (exact) mass is 289 g/mol. The van der Waals surface area contributed by atoms with Crippen molar-refractivity contribution in [2.45, 2.75) is 19.4 Å². The number of carbonyl (C=O) groups is 1. The van der Waals surface area contributed by atoms with Gasteiger partial charge in [-0.3, -0.25) is 9.48 Å². The Hall–Kier alpha value is -2.21. The average Bonchev–Trinajstić information content (AvgIpc) is 3.12. The Morgan fingerprint density at radius 2 is 2.38 bits per heavy atom. The lowest BCUT2D eigenvalue weighted by molar-refractivity contribution is 0.102. The number of hydrogen-bond donors (Lipinski definition) is 1. The maximum Gasteiger partial charge on any atom is 0.255 e. The van der Waals surface area contributed by atoms with Crippen molar-refractivity contribution in [1.29, 1.82) is 0 Å². The summed E-state index contributed by atoms with van der Waals surface area (Å²) in [5.74, 6) is -0.738. The number of benzene rings is 1. The van der Waals surface area contributed by atoms with Crippen LogP contribution in [0.4, 0.5) is 10.1 Å². The van der Waals surface area contributed by atoms with Crippen molar-refractivity contribution in [3.63, 3.8) is 0 Å². The van der Waals surface area contributed by atoms with E-state index in [-0.39, 0.29) is 23.3 Å². The zero-order valence-electron chi connectivity index (χ0n) is 11.7. The molecule has 21 heavy (non-hydrogen) atoms. The lowest BCUT2D eigenvalue weighted by atomic mass is 10.1. The van der Waals surface area contributed by atoms with E-state index < -0.39 is 0 Å². The van der Waals surface area contributed by atoms with Gasteiger partial charge in [-0.2, -0.15) is 5.10 Å². The van der Waals surface area contributed by atoms with Crippen molar-refractivity contribution in [3.05, 3.63) is 47.5 Å². The topological polar surface area (TPSA) is 56.2 Å². The highest BCUT2D eigenvalue weighted by atomic mass is 19.1. The molecule has 1 atom stereocenters. The fourth-order valence-corrected chi connectivity index (χ4v) is 2.27. The molecule has 1 aromatic heterocycles. The summed E-state index contributed by atoms with van der Waals surface area (Å²) in [6.45, 7) is 3.03. The van der Waals surface area contributed by atoms with Gasteiger partial charge in [-0.1, -0.05) is 6.07 Å². The van der Waals surface area contributed by atoms with Gasteiger partial charge in [0.05, 0.1) is 24.5 Å². The van der Waals surface area contributed by atoms with Gasteiger partial charge in [0.2, 0.25) is 0 Å². The van der Waals surface area contributed by atoms with Gasteiger partial charge in [0, 0.05) is 18.4 Å². The van der Waals surface area contributed by atoms with Crippen LogP contribution in [-0.2, 0) is 4.74 Å². The van der Waals surface area contributed by atoms with Crippen LogP contribution in [0.3, 0.4) is 0 Å². The third-order valence-corrected chi connectivity index (χ3v) is 3.57. The standard InChI is InChI=1S/C15H16FN3O2/c1-10-2-3-11(6-14(10)16)15(20)18-12-7-17-19(8-12)13-4-5-21-9-13/h2-3,6-8,13H,4-5,9H2,1H3,(H,18,20). The molecule has 0 aliphatic carbocycles. The normalized spacial score (nSPS) is 17.9. The summed E-state index contributed by atoms with van der Waals surface area (Å²) in [7, 11) is 0. The molecule has 1 N–H and O–H groups in total. The SMILES string of the molecule is Cc1ccc(C(=O)Nc2cnn(C3CCOC3)c2)cc1F. The van der Waals surface area contributed by atoms with Gasteiger partial charge in [-0.25, -0.2) is 4.39 Å². The van der Waals surface area contributed by atoms with E-state index in [9.17, 15) is 9.18 Å². The summed E-state index contributed by atoms with van der Waals surface area (Å²) in [5.41, 5.74) is 1.39. The number of amides is 1. The molecule has 1 aliphatic heterocycles. The van der Waals surface area contributed by atoms with Crippen LogP contribution in [0.5, 0.6) is 0 Å². The zero-order valence-corrected chi connectivity index (χ0v) is 11.7. The number of hydrogen-bond acceptors (Lipinski definition) is 3. The Morgan fingerprint density at radius 1 is 1.52 bits per heavy atom. The highest BCUT2D eigenvalue weighted by molar-refractivity contribution is 6.04. The van der Waals surface area contributed by atoms with E-state index in [2.05, 4.69) is 10.4 Å². The van der Waals surface area contributed by atoms with Crippen LogP contribution in [0.25, 0.3) is 0 Å². The molecule has 1 saturated heterocycles. The molecule has 1 unspecified atom stereocenters. The van der Waals surface area contributed by atoms with Crippen LogP contribution in [0.2, 0.25) is 0 Å². The molecular weight excluding hydrogens is 273 g/mol. The molecule has 1 amide bonds. The zero-order chi connectivity index (χ0) is 14.8. The first kappa shape index (κ1) is 13.8. The van der Waals surface area contributed by atoms with Crippen molar-refractivity contribution < 1.29 is 13.9 Å². The highest BCUT2D eigenvalue weighted by Gasteiger charge is 2.18. The van der Waals surface area contributed by atoms with E-state index in [0.29, 0.717) is 17.9 Å². The van der Waals surface area contributed by atoms with Crippen LogP contribution in [-0.4, -0.2) is 28.9 Å². The Morgan fingerprint density at radius 3 is 3.10 bits per heavy atom. The molecule has 1 fully saturated rings. The second-order valence-corrected chi connectivity index (χ2v) is 5.14. The summed E-state index contributed by atoms with van der Waals surface area (Å²) in [4.78, 5) is 12.1. The molecule has 0 bridgehead atoms. The minimum atomic E-state index is -0.388. The summed E-state index contributed by atoms with van der Waals surface area (Å²) in [6, 6.07) is 4.64. The average molecular weight is 289 g/mol. The highest BCUT2D eigenvalue weighted by Crippen LogP contribution is 2.20. The number of nitrogens with one attached hydrogen (secondary N) is 1. The van der Waals surface area contributed by atoms with Gasteiger partial charge in [0.1, 0.15) is 5.82 Å². The third-order valence-electron chi connectivity index (χ3n) is 3.57. The molecule has 3 rings (SSSR count). The molecule has 1 aromatic carbocycles. The van der Waals surface area contributed by atoms with E-state index in [4.69, 9.17) is 4.74 Å². The first-order chi connectivity index (χ1) is 10.1. The van der Waals surface area contributed by atoms with E-state index in [1.807, 2.05) is 0 Å². The van der Waals surface area contributed by atoms with Crippen LogP contribution in [0, 0.1) is 12.7 Å². The fraction of sp³-hybridized carbons (Fsp3) is 0.333. The van der Waals surface area contributed by atoms with Crippen molar-refractivity contribution in [2.24, 2.45) is 0 Å². The first-order valence-corrected chi connectivity index (χ1v) is 6.83. The van der Waals surface area contributed by atoms with Crippen LogP contribution in [0.1, 0.15) is 28.4 Å². The molecule has 2 aromatic rings. The number of halogens is 1. The number of carbonyl (C=O) groups excluding carboxylic acids is 1. The molecule has 5 nitrogen and oxygen atoms in total. The molecule has 6 heteroatoms. The van der Waals surface area contributed by atoms with Crippen LogP contribution in [0.15, 0.2) is 30.6 Å². The van der Waals surface area contributed by atoms with Crippen molar-refractivity contribution >= 4 is 11.6 Å². The lowest BCUT2D eigenvalue weighted by Crippen LogP contribution is -2.12. The van der Waals surface area contributed by atoms with E-state index in [1.54, 1.807) is 36.1 Å². The number of ether oxygens (including phenoxy) is 1. The van der Waals surface area contributed by atoms with Crippen molar-refractivity contribution in [3.8, 4) is 0 Å². The summed E-state index contributed by atoms with van der Waals surface area (Å²) in [5, 5.41) is 6.94. The Bertz CT molecular complexity index is 663. The first-order valence-electron chi connectivity index (χ1n) is 6.83. The van der Waals surface area contributed by atoms with Gasteiger partial charge < -0.3 is 10.1 Å². The van der Waals surface area contributed by atoms with Gasteiger partial charge in [-0.15, -0.1) is 0 Å². The number of aryl methyl sites for hydroxylation is 1. The predicted octanol–water partition coefficient (Wildman–Crippen LogP) is 2.54. The van der Waals surface area contributed by atoms with Gasteiger partial charge in [0.15, 0.2) is 0 Å². The summed E-state index contributed by atoms with van der Waals surface area (Å²) >= 11 is 0. The Balaban J connectivity index is 1.70. The third kappa shape index (κ3) is 2.95. The van der Waals surface area contributed by atoms with Gasteiger partial charge >= 0.3 is 0 Å². The minimum absolute atomic E-state index is 0.215. The van der Waals surface area contributed by atoms with Crippen molar-refractivity contribution in [2.75, 3.05) is 18.5 Å². The maximum absolute atomic E-state index is 13.5. The molecular formula is C15H16FN3O2. The molecule has 0 radical (unpaired) electrons. The van der Waals surface area contributed by atoms with Gasteiger partial charge in [-0.05, 0) is 31.0 Å². The minimum Gasteiger partial charge on any atom is -0.379 e. The maximum atomic E-state index is 13.5. The van der Waals surface area contributed by atoms with E-state index in [0.717, 1.165) is 13.0 Å². The van der Waals surface area contributed by atoms with Gasteiger partial charge in [0.25, 0.3) is 5.91 Å². The predicted molar refractivity (Wildman–Crippen MR) is 75.8 cm³/mol. The molecule has 1 aliphatic rings. The Kier molecular flexibility index (Phi) is 3.70. The number of aromatic nitrogens is 2.